The summed E-state index contributed by atoms with van der Waals surface area (Å²) in [5.74, 6) is 0.869. The number of nitrogens with one attached hydrogen (secondary N) is 1. The fraction of sp³-hybridized carbons (Fsp3) is 0.562. The minimum atomic E-state index is -0.442. The van der Waals surface area contributed by atoms with E-state index in [0.29, 0.717) is 11.2 Å². The molecular formula is C16H24N4O. The quantitative estimate of drug-likeness (QED) is 0.860. The maximum absolute atomic E-state index is 12.7. The minimum absolute atomic E-state index is 0.0899. The van der Waals surface area contributed by atoms with Crippen LogP contribution in [0.3, 0.4) is 0 Å². The second-order valence-corrected chi connectivity index (χ2v) is 7.43. The van der Waals surface area contributed by atoms with Crippen LogP contribution in [0.4, 0.5) is 5.82 Å². The third-order valence-corrected chi connectivity index (χ3v) is 3.70. The van der Waals surface area contributed by atoms with Crippen LogP contribution in [-0.4, -0.2) is 33.3 Å². The highest BCUT2D eigenvalue weighted by atomic mass is 16.1. The summed E-state index contributed by atoms with van der Waals surface area (Å²) in [4.78, 5) is 26.5. The van der Waals surface area contributed by atoms with Crippen molar-refractivity contribution in [1.82, 2.24) is 15.0 Å². The first-order valence-corrected chi connectivity index (χ1v) is 7.14. The van der Waals surface area contributed by atoms with Gasteiger partial charge in [-0.05, 0) is 20.8 Å². The van der Waals surface area contributed by atoms with Crippen LogP contribution in [0, 0.1) is 5.41 Å². The number of fused-ring (bicyclic) bond motifs is 1. The van der Waals surface area contributed by atoms with Gasteiger partial charge in [-0.25, -0.2) is 9.97 Å². The first kappa shape index (κ1) is 15.5. The van der Waals surface area contributed by atoms with E-state index in [0.717, 1.165) is 11.2 Å². The van der Waals surface area contributed by atoms with Crippen molar-refractivity contribution in [2.24, 2.45) is 5.41 Å². The Morgan fingerprint density at radius 3 is 2.29 bits per heavy atom. The highest BCUT2D eigenvalue weighted by Crippen LogP contribution is 2.32. The lowest BCUT2D eigenvalue weighted by atomic mass is 9.86. The van der Waals surface area contributed by atoms with Crippen molar-refractivity contribution in [2.45, 2.75) is 47.1 Å². The third-order valence-electron chi connectivity index (χ3n) is 3.70. The van der Waals surface area contributed by atoms with Gasteiger partial charge in [-0.3, -0.25) is 4.79 Å². The molecule has 0 unspecified atom stereocenters. The largest absolute Gasteiger partial charge is 0.354 e. The van der Waals surface area contributed by atoms with Crippen molar-refractivity contribution in [3.05, 3.63) is 18.1 Å². The Balaban J connectivity index is 2.69. The second-order valence-electron chi connectivity index (χ2n) is 7.43. The van der Waals surface area contributed by atoms with Gasteiger partial charge < -0.3 is 9.88 Å². The van der Waals surface area contributed by atoms with E-state index in [9.17, 15) is 4.79 Å². The highest BCUT2D eigenvalue weighted by molar-refractivity contribution is 6.12. The summed E-state index contributed by atoms with van der Waals surface area (Å²) in [6, 6.07) is 0. The molecule has 0 fully saturated rings. The second kappa shape index (κ2) is 4.83. The van der Waals surface area contributed by atoms with Gasteiger partial charge in [0.25, 0.3) is 0 Å². The number of carbonyl (C=O) groups is 1. The molecule has 0 aromatic carbocycles. The Kier molecular flexibility index (Phi) is 3.56. The minimum Gasteiger partial charge on any atom is -0.354 e. The molecule has 0 bridgehead atoms. The Morgan fingerprint density at radius 1 is 1.14 bits per heavy atom. The van der Waals surface area contributed by atoms with Crippen molar-refractivity contribution in [2.75, 3.05) is 11.9 Å². The van der Waals surface area contributed by atoms with Crippen LogP contribution in [0.25, 0.3) is 11.0 Å². The van der Waals surface area contributed by atoms with Crippen LogP contribution in [0.15, 0.2) is 12.5 Å². The fourth-order valence-electron chi connectivity index (χ4n) is 2.10. The smallest absolute Gasteiger partial charge is 0.170 e. The van der Waals surface area contributed by atoms with Gasteiger partial charge in [0.1, 0.15) is 17.8 Å². The molecule has 0 amide bonds. The van der Waals surface area contributed by atoms with Crippen molar-refractivity contribution in [3.8, 4) is 0 Å². The van der Waals surface area contributed by atoms with Gasteiger partial charge in [0, 0.05) is 29.8 Å². The number of aromatic nitrogens is 3. The van der Waals surface area contributed by atoms with Crippen molar-refractivity contribution in [3.63, 3.8) is 0 Å². The van der Waals surface area contributed by atoms with Crippen LogP contribution < -0.4 is 4.90 Å². The van der Waals surface area contributed by atoms with E-state index in [1.54, 1.807) is 6.20 Å². The van der Waals surface area contributed by atoms with E-state index in [-0.39, 0.29) is 11.3 Å². The maximum Gasteiger partial charge on any atom is 0.170 e. The number of nitrogens with zero attached hydrogens (tertiary/aromatic N) is 3. The van der Waals surface area contributed by atoms with Crippen molar-refractivity contribution in [1.29, 1.82) is 0 Å². The summed E-state index contributed by atoms with van der Waals surface area (Å²) >= 11 is 0. The van der Waals surface area contributed by atoms with Crippen LogP contribution in [0.2, 0.25) is 0 Å². The molecular weight excluding hydrogens is 264 g/mol. The number of hydrogen-bond donors (Lipinski definition) is 1. The standard InChI is InChI=1S/C16H24N4O/c1-15(2,3)12(21)10-8-17-13-11(10)14(19-9-18-13)20(7)16(4,5)6/h8-9H,1-7H3,(H,17,18,19). The average molecular weight is 288 g/mol. The summed E-state index contributed by atoms with van der Waals surface area (Å²) in [5, 5.41) is 0.801. The Labute approximate surface area is 125 Å². The molecule has 0 aliphatic heterocycles. The van der Waals surface area contributed by atoms with E-state index in [4.69, 9.17) is 0 Å². The summed E-state index contributed by atoms with van der Waals surface area (Å²) < 4.78 is 0. The molecule has 5 nitrogen and oxygen atoms in total. The number of anilines is 1. The summed E-state index contributed by atoms with van der Waals surface area (Å²) in [6.45, 7) is 12.1. The molecule has 2 aromatic heterocycles. The number of Topliss-reactive ketones (excluding diaryl/α,β-unsaturated/α-hetero) is 1. The predicted octanol–water partition coefficient (Wildman–Crippen LogP) is 3.42. The van der Waals surface area contributed by atoms with E-state index in [1.165, 1.54) is 6.33 Å². The lowest BCUT2D eigenvalue weighted by molar-refractivity contribution is 0.0860. The van der Waals surface area contributed by atoms with Gasteiger partial charge >= 0.3 is 0 Å². The van der Waals surface area contributed by atoms with Crippen molar-refractivity contribution < 1.29 is 4.79 Å². The zero-order chi connectivity index (χ0) is 16.0. The Hall–Kier alpha value is -1.91. The van der Waals surface area contributed by atoms with Gasteiger partial charge in [-0.2, -0.15) is 0 Å². The summed E-state index contributed by atoms with van der Waals surface area (Å²) in [7, 11) is 1.99. The summed E-state index contributed by atoms with van der Waals surface area (Å²) in [5.41, 5.74) is 0.816. The molecule has 2 heterocycles. The van der Waals surface area contributed by atoms with Crippen LogP contribution in [-0.2, 0) is 0 Å². The number of rotatable bonds is 2. The summed E-state index contributed by atoms with van der Waals surface area (Å²) in [6.07, 6.45) is 3.27. The SMILES string of the molecule is CN(c1ncnc2[nH]cc(C(=O)C(C)(C)C)c12)C(C)(C)C. The van der Waals surface area contributed by atoms with Gasteiger partial charge in [0.05, 0.1) is 5.39 Å². The molecule has 0 spiro atoms. The molecule has 0 saturated heterocycles. The molecule has 21 heavy (non-hydrogen) atoms. The molecule has 0 aliphatic carbocycles. The zero-order valence-corrected chi connectivity index (χ0v) is 13.9. The van der Waals surface area contributed by atoms with E-state index < -0.39 is 5.41 Å². The van der Waals surface area contributed by atoms with Gasteiger partial charge in [-0.1, -0.05) is 20.8 Å². The average Bonchev–Trinajstić information content (AvgIpc) is 2.78. The van der Waals surface area contributed by atoms with E-state index in [1.807, 2.05) is 27.8 Å². The number of H-pyrrole nitrogens is 1. The van der Waals surface area contributed by atoms with Gasteiger partial charge in [0.2, 0.25) is 0 Å². The molecule has 1 N–H and O–H groups in total. The molecule has 114 valence electrons. The first-order chi connectivity index (χ1) is 9.53. The molecule has 5 heteroatoms. The van der Waals surface area contributed by atoms with Crippen molar-refractivity contribution >= 4 is 22.6 Å². The van der Waals surface area contributed by atoms with Gasteiger partial charge in [0.15, 0.2) is 5.78 Å². The molecule has 0 radical (unpaired) electrons. The number of hydrogen-bond acceptors (Lipinski definition) is 4. The Bertz CT molecular complexity index is 674. The molecule has 0 atom stereocenters. The zero-order valence-electron chi connectivity index (χ0n) is 13.9. The monoisotopic (exact) mass is 288 g/mol. The van der Waals surface area contributed by atoms with E-state index in [2.05, 4.69) is 40.6 Å². The van der Waals surface area contributed by atoms with E-state index >= 15 is 0 Å². The normalized spacial score (nSPS) is 12.7. The molecule has 0 saturated carbocycles. The molecule has 0 aliphatic rings. The van der Waals surface area contributed by atoms with Crippen LogP contribution >= 0.6 is 0 Å². The predicted molar refractivity (Wildman–Crippen MR) is 85.8 cm³/mol. The first-order valence-electron chi connectivity index (χ1n) is 7.14. The molecule has 2 aromatic rings. The highest BCUT2D eigenvalue weighted by Gasteiger charge is 2.29. The molecule has 2 rings (SSSR count). The topological polar surface area (TPSA) is 61.9 Å². The number of carbonyl (C=O) groups excluding carboxylic acids is 1. The fourth-order valence-corrected chi connectivity index (χ4v) is 2.10. The third kappa shape index (κ3) is 2.77. The lowest BCUT2D eigenvalue weighted by Gasteiger charge is -2.33. The van der Waals surface area contributed by atoms with Gasteiger partial charge in [-0.15, -0.1) is 0 Å². The lowest BCUT2D eigenvalue weighted by Crippen LogP contribution is -2.38. The number of ketones is 1. The number of aromatic amines is 1. The Morgan fingerprint density at radius 2 is 1.76 bits per heavy atom. The van der Waals surface area contributed by atoms with Crippen LogP contribution in [0.5, 0.6) is 0 Å². The van der Waals surface area contributed by atoms with Crippen LogP contribution in [0.1, 0.15) is 51.9 Å². The maximum atomic E-state index is 12.7.